The highest BCUT2D eigenvalue weighted by molar-refractivity contribution is 14.0. The number of para-hydroxylation sites is 1. The Labute approximate surface area is 202 Å². The van der Waals surface area contributed by atoms with Crippen LogP contribution in [0.4, 0.5) is 0 Å². The number of hydrogen-bond donors (Lipinski definition) is 2. The van der Waals surface area contributed by atoms with Crippen LogP contribution in [0, 0.1) is 0 Å². The van der Waals surface area contributed by atoms with Crippen molar-refractivity contribution in [1.82, 2.24) is 20.2 Å². The van der Waals surface area contributed by atoms with E-state index in [0.717, 1.165) is 23.8 Å². The first-order valence-electron chi connectivity index (χ1n) is 10.2. The highest BCUT2D eigenvalue weighted by Gasteiger charge is 2.14. The van der Waals surface area contributed by atoms with Crippen molar-refractivity contribution in [3.05, 3.63) is 83.9 Å². The molecule has 0 spiro atoms. The van der Waals surface area contributed by atoms with Gasteiger partial charge in [-0.15, -0.1) is 24.0 Å². The molecule has 2 aromatic carbocycles. The molecule has 0 saturated heterocycles. The molecule has 6 nitrogen and oxygen atoms in total. The molecule has 31 heavy (non-hydrogen) atoms. The predicted molar refractivity (Wildman–Crippen MR) is 137 cm³/mol. The van der Waals surface area contributed by atoms with Crippen LogP contribution in [0.5, 0.6) is 5.75 Å². The Kier molecular flexibility index (Phi) is 9.36. The molecular weight excluding hydrogens is 501 g/mol. The van der Waals surface area contributed by atoms with Gasteiger partial charge in [-0.25, -0.2) is 4.98 Å². The van der Waals surface area contributed by atoms with Crippen LogP contribution < -0.4 is 15.4 Å². The number of aliphatic imine (C=N–C) groups is 1. The summed E-state index contributed by atoms with van der Waals surface area (Å²) < 4.78 is 8.13. The molecule has 1 aromatic heterocycles. The van der Waals surface area contributed by atoms with Crippen molar-refractivity contribution in [3.8, 4) is 5.75 Å². The average Bonchev–Trinajstić information content (AvgIpc) is 3.22. The maximum absolute atomic E-state index is 6.07. The normalized spacial score (nSPS) is 11.5. The van der Waals surface area contributed by atoms with Gasteiger partial charge in [-0.2, -0.15) is 0 Å². The van der Waals surface area contributed by atoms with Crippen LogP contribution in [0.1, 0.15) is 37.5 Å². The van der Waals surface area contributed by atoms with Gasteiger partial charge in [-0.1, -0.05) is 42.5 Å². The highest BCUT2D eigenvalue weighted by atomic mass is 127. The molecule has 3 aromatic rings. The van der Waals surface area contributed by atoms with Crippen molar-refractivity contribution in [2.24, 2.45) is 4.99 Å². The van der Waals surface area contributed by atoms with Gasteiger partial charge in [0.2, 0.25) is 0 Å². The highest BCUT2D eigenvalue weighted by Crippen LogP contribution is 2.22. The molecule has 166 valence electrons. The zero-order valence-corrected chi connectivity index (χ0v) is 21.0. The van der Waals surface area contributed by atoms with Gasteiger partial charge >= 0.3 is 0 Å². The Morgan fingerprint density at radius 3 is 2.32 bits per heavy atom. The van der Waals surface area contributed by atoms with Crippen molar-refractivity contribution >= 4 is 29.9 Å². The molecule has 3 rings (SSSR count). The molecule has 0 aliphatic carbocycles. The van der Waals surface area contributed by atoms with Gasteiger partial charge < -0.3 is 19.9 Å². The molecule has 0 atom stereocenters. The van der Waals surface area contributed by atoms with Crippen LogP contribution in [0.3, 0.4) is 0 Å². The lowest BCUT2D eigenvalue weighted by Crippen LogP contribution is -2.36. The second-order valence-corrected chi connectivity index (χ2v) is 8.15. The van der Waals surface area contributed by atoms with E-state index in [0.29, 0.717) is 13.1 Å². The molecule has 7 heteroatoms. The van der Waals surface area contributed by atoms with Gasteiger partial charge in [-0.3, -0.25) is 4.99 Å². The number of guanidine groups is 1. The van der Waals surface area contributed by atoms with E-state index in [4.69, 9.17) is 4.74 Å². The van der Waals surface area contributed by atoms with Gasteiger partial charge in [0, 0.05) is 44.6 Å². The SMILES string of the molecule is CN=C(NCc1ccc(Cn2ccnc2)cc1)NCc1ccccc1OC(C)(C)C.I. The van der Waals surface area contributed by atoms with Gasteiger partial charge in [0.1, 0.15) is 11.4 Å². The first kappa shape index (κ1) is 24.7. The largest absolute Gasteiger partial charge is 0.488 e. The van der Waals surface area contributed by atoms with Gasteiger partial charge in [0.25, 0.3) is 0 Å². The number of nitrogens with zero attached hydrogens (tertiary/aromatic N) is 3. The smallest absolute Gasteiger partial charge is 0.191 e. The van der Waals surface area contributed by atoms with Crippen LogP contribution in [-0.2, 0) is 19.6 Å². The summed E-state index contributed by atoms with van der Waals surface area (Å²) in [6.07, 6.45) is 5.59. The summed E-state index contributed by atoms with van der Waals surface area (Å²) in [4.78, 5) is 8.41. The van der Waals surface area contributed by atoms with E-state index >= 15 is 0 Å². The monoisotopic (exact) mass is 533 g/mol. The summed E-state index contributed by atoms with van der Waals surface area (Å²) in [5, 5.41) is 6.74. The fraction of sp³-hybridized carbons (Fsp3) is 0.333. The number of imidazole rings is 1. The minimum absolute atomic E-state index is 0. The van der Waals surface area contributed by atoms with E-state index in [1.807, 2.05) is 30.7 Å². The van der Waals surface area contributed by atoms with Crippen LogP contribution in [0.25, 0.3) is 0 Å². The summed E-state index contributed by atoms with van der Waals surface area (Å²) in [5.74, 6) is 1.64. The standard InChI is InChI=1S/C24H31N5O.HI/c1-24(2,3)30-22-8-6-5-7-21(22)16-28-23(25-4)27-15-19-9-11-20(12-10-19)17-29-14-13-26-18-29;/h5-14,18H,15-17H2,1-4H3,(H2,25,27,28);1H. The maximum atomic E-state index is 6.07. The summed E-state index contributed by atoms with van der Waals surface area (Å²) in [5.41, 5.74) is 3.30. The summed E-state index contributed by atoms with van der Waals surface area (Å²) in [7, 11) is 1.78. The molecule has 0 bridgehead atoms. The number of aromatic nitrogens is 2. The minimum atomic E-state index is -0.236. The zero-order valence-electron chi connectivity index (χ0n) is 18.6. The molecule has 0 aliphatic heterocycles. The lowest BCUT2D eigenvalue weighted by Gasteiger charge is -2.23. The first-order valence-corrected chi connectivity index (χ1v) is 10.2. The maximum Gasteiger partial charge on any atom is 0.191 e. The lowest BCUT2D eigenvalue weighted by molar-refractivity contribution is 0.129. The minimum Gasteiger partial charge on any atom is -0.488 e. The van der Waals surface area contributed by atoms with E-state index < -0.39 is 0 Å². The Balaban J connectivity index is 0.00000341. The average molecular weight is 533 g/mol. The zero-order chi connectivity index (χ0) is 21.4. The quantitative estimate of drug-likeness (QED) is 0.265. The predicted octanol–water partition coefficient (Wildman–Crippen LogP) is 4.59. The molecular formula is C24H32IN5O. The molecule has 0 saturated carbocycles. The van der Waals surface area contributed by atoms with Crippen molar-refractivity contribution in [2.45, 2.75) is 46.0 Å². The third-order valence-electron chi connectivity index (χ3n) is 4.47. The second-order valence-electron chi connectivity index (χ2n) is 8.15. The number of rotatable bonds is 7. The third-order valence-corrected chi connectivity index (χ3v) is 4.47. The van der Waals surface area contributed by atoms with Crippen molar-refractivity contribution < 1.29 is 4.74 Å². The first-order chi connectivity index (χ1) is 14.4. The Hall–Kier alpha value is -2.55. The summed E-state index contributed by atoms with van der Waals surface area (Å²) in [6.45, 7) is 8.32. The van der Waals surface area contributed by atoms with E-state index in [1.54, 1.807) is 13.2 Å². The fourth-order valence-electron chi connectivity index (χ4n) is 3.02. The van der Waals surface area contributed by atoms with Gasteiger partial charge in [0.05, 0.1) is 6.33 Å². The summed E-state index contributed by atoms with van der Waals surface area (Å²) in [6, 6.07) is 16.7. The van der Waals surface area contributed by atoms with E-state index in [2.05, 4.69) is 76.3 Å². The van der Waals surface area contributed by atoms with Crippen molar-refractivity contribution in [3.63, 3.8) is 0 Å². The number of nitrogens with one attached hydrogen (secondary N) is 2. The van der Waals surface area contributed by atoms with Crippen molar-refractivity contribution in [1.29, 1.82) is 0 Å². The Bertz CT molecular complexity index is 947. The summed E-state index contributed by atoms with van der Waals surface area (Å²) >= 11 is 0. The second kappa shape index (κ2) is 11.7. The van der Waals surface area contributed by atoms with E-state index in [-0.39, 0.29) is 29.6 Å². The number of benzene rings is 2. The van der Waals surface area contributed by atoms with E-state index in [1.165, 1.54) is 11.1 Å². The molecule has 0 amide bonds. The van der Waals surface area contributed by atoms with Gasteiger partial charge in [0.15, 0.2) is 5.96 Å². The molecule has 0 aliphatic rings. The molecule has 1 heterocycles. The fourth-order valence-corrected chi connectivity index (χ4v) is 3.02. The number of halogens is 1. The molecule has 0 unspecified atom stereocenters. The topological polar surface area (TPSA) is 63.5 Å². The van der Waals surface area contributed by atoms with Crippen molar-refractivity contribution in [2.75, 3.05) is 7.05 Å². The molecule has 0 radical (unpaired) electrons. The van der Waals surface area contributed by atoms with Gasteiger partial charge in [-0.05, 0) is 38.0 Å². The lowest BCUT2D eigenvalue weighted by atomic mass is 10.1. The van der Waals surface area contributed by atoms with Crippen LogP contribution >= 0.6 is 24.0 Å². The van der Waals surface area contributed by atoms with Crippen LogP contribution in [0.2, 0.25) is 0 Å². The Morgan fingerprint density at radius 2 is 1.68 bits per heavy atom. The number of hydrogen-bond acceptors (Lipinski definition) is 3. The molecule has 2 N–H and O–H groups in total. The van der Waals surface area contributed by atoms with E-state index in [9.17, 15) is 0 Å². The van der Waals surface area contributed by atoms with Crippen LogP contribution in [0.15, 0.2) is 72.2 Å². The molecule has 0 fully saturated rings. The van der Waals surface area contributed by atoms with Crippen LogP contribution in [-0.4, -0.2) is 28.2 Å². The number of ether oxygens (including phenoxy) is 1. The Morgan fingerprint density at radius 1 is 1.00 bits per heavy atom. The third kappa shape index (κ3) is 8.24.